The zero-order valence-corrected chi connectivity index (χ0v) is 17.8. The molecule has 0 bridgehead atoms. The van der Waals surface area contributed by atoms with Crippen LogP contribution in [0.4, 0.5) is 13.2 Å². The Morgan fingerprint density at radius 1 is 1.23 bits per heavy atom. The molecule has 1 heterocycles. The fourth-order valence-electron chi connectivity index (χ4n) is 2.52. The lowest BCUT2D eigenvalue weighted by molar-refractivity contribution is -0.173. The van der Waals surface area contributed by atoms with E-state index in [1.54, 1.807) is 7.11 Å². The molecule has 0 radical (unpaired) electrons. The lowest BCUT2D eigenvalue weighted by atomic mass is 10.1. The Labute approximate surface area is 170 Å². The zero-order chi connectivity index (χ0) is 18.5. The molecule has 0 aromatic rings. The van der Waals surface area contributed by atoms with Gasteiger partial charge >= 0.3 is 6.18 Å². The highest BCUT2D eigenvalue weighted by Crippen LogP contribution is 2.17. The van der Waals surface area contributed by atoms with E-state index >= 15 is 0 Å². The lowest BCUT2D eigenvalue weighted by Crippen LogP contribution is -2.40. The quantitative estimate of drug-likeness (QED) is 0.206. The van der Waals surface area contributed by atoms with Crippen LogP contribution in [0, 0.1) is 5.92 Å². The fourth-order valence-corrected chi connectivity index (χ4v) is 2.52. The van der Waals surface area contributed by atoms with Crippen molar-refractivity contribution >= 4 is 29.9 Å². The SMILES string of the molecule is CCNC(=NCCCOCC(F)(F)F)N1CCC(COCCOC)C1.I. The predicted octanol–water partition coefficient (Wildman–Crippen LogP) is 2.52. The van der Waals surface area contributed by atoms with Crippen LogP contribution in [-0.2, 0) is 14.2 Å². The van der Waals surface area contributed by atoms with Crippen LogP contribution in [0.15, 0.2) is 4.99 Å². The zero-order valence-electron chi connectivity index (χ0n) is 15.5. The third kappa shape index (κ3) is 12.1. The molecule has 0 saturated carbocycles. The molecule has 1 atom stereocenters. The van der Waals surface area contributed by atoms with Gasteiger partial charge in [0.05, 0.1) is 19.8 Å². The van der Waals surface area contributed by atoms with E-state index in [0.717, 1.165) is 32.0 Å². The largest absolute Gasteiger partial charge is 0.411 e. The Hall–Kier alpha value is -0.330. The summed E-state index contributed by atoms with van der Waals surface area (Å²) in [6.45, 7) is 5.68. The molecule has 0 spiro atoms. The standard InChI is InChI=1S/C16H30F3N3O3.HI/c1-3-20-15(21-6-4-8-25-13-16(17,18)19)22-7-5-14(11-22)12-24-10-9-23-2;/h14H,3-13H2,1-2H3,(H,20,21);1H. The van der Waals surface area contributed by atoms with Gasteiger partial charge in [-0.1, -0.05) is 0 Å². The first-order valence-corrected chi connectivity index (χ1v) is 8.70. The van der Waals surface area contributed by atoms with Crippen LogP contribution in [0.5, 0.6) is 0 Å². The second-order valence-electron chi connectivity index (χ2n) is 5.93. The molecule has 1 fully saturated rings. The summed E-state index contributed by atoms with van der Waals surface area (Å²) >= 11 is 0. The van der Waals surface area contributed by atoms with E-state index in [9.17, 15) is 13.2 Å². The minimum atomic E-state index is -4.27. The van der Waals surface area contributed by atoms with E-state index in [4.69, 9.17) is 9.47 Å². The number of likely N-dealkylation sites (tertiary alicyclic amines) is 1. The van der Waals surface area contributed by atoms with Crippen LogP contribution >= 0.6 is 24.0 Å². The molecule has 0 aromatic carbocycles. The van der Waals surface area contributed by atoms with Crippen LogP contribution in [0.1, 0.15) is 19.8 Å². The van der Waals surface area contributed by atoms with Crippen molar-refractivity contribution < 1.29 is 27.4 Å². The molecule has 1 rings (SSSR count). The predicted molar refractivity (Wildman–Crippen MR) is 105 cm³/mol. The summed E-state index contributed by atoms with van der Waals surface area (Å²) < 4.78 is 51.1. The smallest absolute Gasteiger partial charge is 0.382 e. The molecule has 1 saturated heterocycles. The topological polar surface area (TPSA) is 55.3 Å². The monoisotopic (exact) mass is 497 g/mol. The lowest BCUT2D eigenvalue weighted by Gasteiger charge is -2.21. The number of rotatable bonds is 11. The van der Waals surface area contributed by atoms with Crippen LogP contribution in [0.3, 0.4) is 0 Å². The number of hydrogen-bond donors (Lipinski definition) is 1. The molecule has 156 valence electrons. The van der Waals surface area contributed by atoms with Crippen LogP contribution in [0.25, 0.3) is 0 Å². The van der Waals surface area contributed by atoms with Crippen molar-refractivity contribution in [3.05, 3.63) is 0 Å². The van der Waals surface area contributed by atoms with Gasteiger partial charge < -0.3 is 24.4 Å². The van der Waals surface area contributed by atoms with Crippen LogP contribution < -0.4 is 5.32 Å². The number of methoxy groups -OCH3 is 1. The van der Waals surface area contributed by atoms with Crippen LogP contribution in [0.2, 0.25) is 0 Å². The van der Waals surface area contributed by atoms with Gasteiger partial charge in [-0.25, -0.2) is 0 Å². The minimum absolute atomic E-state index is 0. The van der Waals surface area contributed by atoms with Gasteiger partial charge in [0.15, 0.2) is 5.96 Å². The van der Waals surface area contributed by atoms with Crippen molar-refractivity contribution in [1.29, 1.82) is 0 Å². The number of guanidine groups is 1. The van der Waals surface area contributed by atoms with E-state index in [2.05, 4.69) is 19.9 Å². The maximum Gasteiger partial charge on any atom is 0.411 e. The number of alkyl halides is 3. The van der Waals surface area contributed by atoms with Gasteiger partial charge in [-0.3, -0.25) is 4.99 Å². The fraction of sp³-hybridized carbons (Fsp3) is 0.938. The number of ether oxygens (including phenoxy) is 3. The number of hydrogen-bond acceptors (Lipinski definition) is 4. The van der Waals surface area contributed by atoms with Gasteiger partial charge in [0.25, 0.3) is 0 Å². The van der Waals surface area contributed by atoms with E-state index in [-0.39, 0.29) is 30.6 Å². The minimum Gasteiger partial charge on any atom is -0.382 e. The third-order valence-electron chi connectivity index (χ3n) is 3.68. The first-order chi connectivity index (χ1) is 12.0. The summed E-state index contributed by atoms with van der Waals surface area (Å²) in [5.41, 5.74) is 0. The molecule has 1 aliphatic heterocycles. The summed E-state index contributed by atoms with van der Waals surface area (Å²) in [6, 6.07) is 0. The van der Waals surface area contributed by atoms with E-state index in [1.165, 1.54) is 0 Å². The molecular formula is C16H31F3IN3O3. The van der Waals surface area contributed by atoms with Gasteiger partial charge in [-0.2, -0.15) is 13.2 Å². The molecular weight excluding hydrogens is 466 g/mol. The van der Waals surface area contributed by atoms with Gasteiger partial charge in [0, 0.05) is 45.8 Å². The number of halogens is 4. The summed E-state index contributed by atoms with van der Waals surface area (Å²) in [5, 5.41) is 3.23. The van der Waals surface area contributed by atoms with Gasteiger partial charge in [-0.05, 0) is 19.8 Å². The number of nitrogens with zero attached hydrogens (tertiary/aromatic N) is 2. The first kappa shape index (κ1) is 25.7. The molecule has 26 heavy (non-hydrogen) atoms. The summed E-state index contributed by atoms with van der Waals surface area (Å²) in [6.07, 6.45) is -2.78. The Bertz CT molecular complexity index is 387. The van der Waals surface area contributed by atoms with Crippen molar-refractivity contribution in [2.45, 2.75) is 25.9 Å². The van der Waals surface area contributed by atoms with Crippen LogP contribution in [-0.4, -0.2) is 83.4 Å². The van der Waals surface area contributed by atoms with E-state index in [0.29, 0.717) is 38.7 Å². The maximum absolute atomic E-state index is 12.0. The Kier molecular flexibility index (Phi) is 14.5. The van der Waals surface area contributed by atoms with Crippen molar-refractivity contribution in [3.63, 3.8) is 0 Å². The normalized spacial score (nSPS) is 18.1. The van der Waals surface area contributed by atoms with E-state index in [1.807, 2.05) is 6.92 Å². The number of nitrogens with one attached hydrogen (secondary N) is 1. The molecule has 0 amide bonds. The average Bonchev–Trinajstić information content (AvgIpc) is 3.01. The molecule has 6 nitrogen and oxygen atoms in total. The number of aliphatic imine (C=N–C) groups is 1. The van der Waals surface area contributed by atoms with Crippen molar-refractivity contribution in [2.75, 3.05) is 66.3 Å². The first-order valence-electron chi connectivity index (χ1n) is 8.70. The highest BCUT2D eigenvalue weighted by atomic mass is 127. The highest BCUT2D eigenvalue weighted by Gasteiger charge is 2.27. The third-order valence-corrected chi connectivity index (χ3v) is 3.68. The second-order valence-corrected chi connectivity index (χ2v) is 5.93. The van der Waals surface area contributed by atoms with Crippen molar-refractivity contribution in [3.8, 4) is 0 Å². The van der Waals surface area contributed by atoms with E-state index < -0.39 is 12.8 Å². The van der Waals surface area contributed by atoms with Gasteiger partial charge in [0.1, 0.15) is 6.61 Å². The van der Waals surface area contributed by atoms with Crippen molar-refractivity contribution in [2.24, 2.45) is 10.9 Å². The Morgan fingerprint density at radius 3 is 2.65 bits per heavy atom. The molecule has 1 unspecified atom stereocenters. The second kappa shape index (κ2) is 14.7. The summed E-state index contributed by atoms with van der Waals surface area (Å²) in [7, 11) is 1.65. The maximum atomic E-state index is 12.0. The highest BCUT2D eigenvalue weighted by molar-refractivity contribution is 14.0. The molecule has 0 aromatic heterocycles. The van der Waals surface area contributed by atoms with Gasteiger partial charge in [0.2, 0.25) is 0 Å². The Balaban J connectivity index is 0.00000625. The summed E-state index contributed by atoms with van der Waals surface area (Å²) in [4.78, 5) is 6.65. The molecule has 1 N–H and O–H groups in total. The molecule has 10 heteroatoms. The molecule has 1 aliphatic rings. The van der Waals surface area contributed by atoms with Gasteiger partial charge in [-0.15, -0.1) is 24.0 Å². The Morgan fingerprint density at radius 2 is 2.00 bits per heavy atom. The molecule has 0 aliphatic carbocycles. The summed E-state index contributed by atoms with van der Waals surface area (Å²) in [5.74, 6) is 1.26. The van der Waals surface area contributed by atoms with Crippen molar-refractivity contribution in [1.82, 2.24) is 10.2 Å². The average molecular weight is 497 g/mol.